The van der Waals surface area contributed by atoms with Gasteiger partial charge in [-0.3, -0.25) is 24.6 Å². The summed E-state index contributed by atoms with van der Waals surface area (Å²) in [5.41, 5.74) is 0.412. The number of rotatable bonds is 3. The van der Waals surface area contributed by atoms with Crippen LogP contribution in [0.4, 0.5) is 0 Å². The molecule has 1 aromatic rings. The number of imide groups is 1. The maximum atomic E-state index is 12.7. The lowest BCUT2D eigenvalue weighted by Gasteiger charge is -2.34. The summed E-state index contributed by atoms with van der Waals surface area (Å²) in [4.78, 5) is 38.6. The van der Waals surface area contributed by atoms with Crippen LogP contribution >= 0.6 is 0 Å². The Morgan fingerprint density at radius 1 is 1.29 bits per heavy atom. The van der Waals surface area contributed by atoms with Crippen molar-refractivity contribution in [3.63, 3.8) is 0 Å². The Hall–Kier alpha value is -2.21. The Morgan fingerprint density at radius 2 is 1.96 bits per heavy atom. The molecule has 0 radical (unpaired) electrons. The van der Waals surface area contributed by atoms with Crippen LogP contribution in [0.2, 0.25) is 0 Å². The van der Waals surface area contributed by atoms with E-state index in [4.69, 9.17) is 0 Å². The molecule has 2 aliphatic heterocycles. The number of hydrogen-bond acceptors (Lipinski definition) is 4. The molecular formula is C18H22N2O4. The van der Waals surface area contributed by atoms with Crippen molar-refractivity contribution in [1.29, 1.82) is 0 Å². The highest BCUT2D eigenvalue weighted by Crippen LogP contribution is 2.51. The summed E-state index contributed by atoms with van der Waals surface area (Å²) in [5, 5.41) is 13.1. The second kappa shape index (κ2) is 5.41. The second-order valence-electron chi connectivity index (χ2n) is 7.10. The fourth-order valence-electron chi connectivity index (χ4n) is 4.21. The van der Waals surface area contributed by atoms with Gasteiger partial charge in [0.15, 0.2) is 0 Å². The number of nitrogens with zero attached hydrogens (tertiary/aromatic N) is 1. The van der Waals surface area contributed by atoms with Crippen LogP contribution in [-0.2, 0) is 14.4 Å². The Morgan fingerprint density at radius 3 is 2.50 bits per heavy atom. The highest BCUT2D eigenvalue weighted by molar-refractivity contribution is 6.09. The third-order valence-electron chi connectivity index (χ3n) is 5.48. The van der Waals surface area contributed by atoms with E-state index in [0.717, 1.165) is 16.0 Å². The van der Waals surface area contributed by atoms with Crippen molar-refractivity contribution in [2.45, 2.75) is 32.4 Å². The van der Waals surface area contributed by atoms with Gasteiger partial charge in [-0.25, -0.2) is 0 Å². The minimum atomic E-state index is -1.45. The number of likely N-dealkylation sites (tertiary alicyclic amines) is 1. The molecule has 0 bridgehead atoms. The molecule has 3 rings (SSSR count). The van der Waals surface area contributed by atoms with E-state index >= 15 is 0 Å². The molecule has 0 aliphatic carbocycles. The lowest BCUT2D eigenvalue weighted by Crippen LogP contribution is -2.59. The molecule has 2 N–H and O–H groups in total. The lowest BCUT2D eigenvalue weighted by molar-refractivity contribution is -0.153. The number of hydrogen-bond donors (Lipinski definition) is 2. The Kier molecular flexibility index (Phi) is 3.75. The summed E-state index contributed by atoms with van der Waals surface area (Å²) in [6.45, 7) is 5.48. The van der Waals surface area contributed by atoms with Crippen molar-refractivity contribution in [3.05, 3.63) is 35.4 Å². The van der Waals surface area contributed by atoms with Gasteiger partial charge in [0, 0.05) is 13.1 Å². The molecule has 4 atom stereocenters. The van der Waals surface area contributed by atoms with Gasteiger partial charge in [0.1, 0.15) is 5.54 Å². The van der Waals surface area contributed by atoms with Gasteiger partial charge in [-0.1, -0.05) is 43.7 Å². The molecule has 2 heterocycles. The Balaban J connectivity index is 2.18. The molecule has 2 fully saturated rings. The molecule has 128 valence electrons. The van der Waals surface area contributed by atoms with Crippen LogP contribution in [0, 0.1) is 24.7 Å². The molecule has 2 saturated heterocycles. The predicted molar refractivity (Wildman–Crippen MR) is 87.0 cm³/mol. The lowest BCUT2D eigenvalue weighted by atomic mass is 9.73. The summed E-state index contributed by atoms with van der Waals surface area (Å²) < 4.78 is 0. The molecule has 4 unspecified atom stereocenters. The number of aliphatic carboxylic acids is 1. The van der Waals surface area contributed by atoms with Gasteiger partial charge in [-0.05, 0) is 18.4 Å². The molecular weight excluding hydrogens is 308 g/mol. The zero-order valence-corrected chi connectivity index (χ0v) is 14.2. The van der Waals surface area contributed by atoms with Crippen LogP contribution in [-0.4, -0.2) is 40.4 Å². The van der Waals surface area contributed by atoms with Crippen molar-refractivity contribution >= 4 is 17.8 Å². The second-order valence-corrected chi connectivity index (χ2v) is 7.10. The smallest absolute Gasteiger partial charge is 0.325 e. The van der Waals surface area contributed by atoms with Crippen LogP contribution in [0.5, 0.6) is 0 Å². The van der Waals surface area contributed by atoms with Crippen molar-refractivity contribution in [3.8, 4) is 0 Å². The summed E-state index contributed by atoms with van der Waals surface area (Å²) in [5.74, 6) is -3.74. The SMILES string of the molecule is Cc1cccc(C2NC(C(=O)O)(C(C)C)C3C(=O)N(C)C(=O)C23)c1. The topological polar surface area (TPSA) is 86.7 Å². The summed E-state index contributed by atoms with van der Waals surface area (Å²) in [7, 11) is 1.43. The van der Waals surface area contributed by atoms with Crippen molar-refractivity contribution in [2.24, 2.45) is 17.8 Å². The van der Waals surface area contributed by atoms with Crippen LogP contribution in [0.1, 0.15) is 31.0 Å². The van der Waals surface area contributed by atoms with Gasteiger partial charge in [0.25, 0.3) is 0 Å². The average Bonchev–Trinajstić information content (AvgIpc) is 2.99. The normalized spacial score (nSPS) is 32.5. The summed E-state index contributed by atoms with van der Waals surface area (Å²) in [6.07, 6.45) is 0. The first kappa shape index (κ1) is 16.6. The number of carboxylic acids is 1. The third-order valence-corrected chi connectivity index (χ3v) is 5.48. The zero-order valence-electron chi connectivity index (χ0n) is 14.2. The number of carboxylic acid groups (broad SMARTS) is 1. The molecule has 1 aromatic carbocycles. The van der Waals surface area contributed by atoms with Gasteiger partial charge >= 0.3 is 5.97 Å². The van der Waals surface area contributed by atoms with Crippen LogP contribution in [0.25, 0.3) is 0 Å². The van der Waals surface area contributed by atoms with E-state index in [2.05, 4.69) is 5.32 Å². The molecule has 0 saturated carbocycles. The number of carbonyl (C=O) groups is 3. The van der Waals surface area contributed by atoms with Gasteiger partial charge in [-0.15, -0.1) is 0 Å². The van der Waals surface area contributed by atoms with Gasteiger partial charge < -0.3 is 5.11 Å². The minimum absolute atomic E-state index is 0.312. The van der Waals surface area contributed by atoms with Crippen molar-refractivity contribution in [2.75, 3.05) is 7.05 Å². The largest absolute Gasteiger partial charge is 0.480 e. The number of aryl methyl sites for hydroxylation is 1. The third kappa shape index (κ3) is 2.02. The van der Waals surface area contributed by atoms with Gasteiger partial charge in [0.05, 0.1) is 11.8 Å². The number of amides is 2. The van der Waals surface area contributed by atoms with Crippen molar-refractivity contribution in [1.82, 2.24) is 10.2 Å². The zero-order chi connectivity index (χ0) is 17.8. The summed E-state index contributed by atoms with van der Waals surface area (Å²) in [6, 6.07) is 7.13. The molecule has 0 aromatic heterocycles. The number of benzene rings is 1. The minimum Gasteiger partial charge on any atom is -0.480 e. The first-order valence-corrected chi connectivity index (χ1v) is 8.11. The van der Waals surface area contributed by atoms with E-state index < -0.39 is 35.3 Å². The fraction of sp³-hybridized carbons (Fsp3) is 0.500. The molecule has 2 amide bonds. The maximum Gasteiger partial charge on any atom is 0.325 e. The van der Waals surface area contributed by atoms with E-state index in [1.165, 1.54) is 7.05 Å². The van der Waals surface area contributed by atoms with E-state index in [1.54, 1.807) is 13.8 Å². The van der Waals surface area contributed by atoms with Crippen LogP contribution in [0.15, 0.2) is 24.3 Å². The molecule has 6 heteroatoms. The monoisotopic (exact) mass is 330 g/mol. The molecule has 24 heavy (non-hydrogen) atoms. The van der Waals surface area contributed by atoms with Crippen LogP contribution < -0.4 is 5.32 Å². The van der Waals surface area contributed by atoms with Gasteiger partial charge in [-0.2, -0.15) is 0 Å². The number of nitrogens with one attached hydrogen (secondary N) is 1. The number of carbonyl (C=O) groups excluding carboxylic acids is 2. The van der Waals surface area contributed by atoms with Crippen LogP contribution in [0.3, 0.4) is 0 Å². The van der Waals surface area contributed by atoms with Crippen molar-refractivity contribution < 1.29 is 19.5 Å². The fourth-order valence-corrected chi connectivity index (χ4v) is 4.21. The molecule has 6 nitrogen and oxygen atoms in total. The average molecular weight is 330 g/mol. The highest BCUT2D eigenvalue weighted by Gasteiger charge is 2.68. The standard InChI is InChI=1S/C18H22N2O4/c1-9(2)18(17(23)24)13-12(15(21)20(4)16(13)22)14(19-18)11-7-5-6-10(3)8-11/h5-9,12-14,19H,1-4H3,(H,23,24). The first-order valence-electron chi connectivity index (χ1n) is 8.11. The maximum absolute atomic E-state index is 12.7. The molecule has 0 spiro atoms. The number of fused-ring (bicyclic) bond motifs is 1. The quantitative estimate of drug-likeness (QED) is 0.817. The van der Waals surface area contributed by atoms with E-state index in [1.807, 2.05) is 31.2 Å². The highest BCUT2D eigenvalue weighted by atomic mass is 16.4. The van der Waals surface area contributed by atoms with E-state index in [0.29, 0.717) is 0 Å². The summed E-state index contributed by atoms with van der Waals surface area (Å²) >= 11 is 0. The van der Waals surface area contributed by atoms with Gasteiger partial charge in [0.2, 0.25) is 11.8 Å². The Labute approximate surface area is 140 Å². The van der Waals surface area contributed by atoms with E-state index in [9.17, 15) is 19.5 Å². The molecule has 2 aliphatic rings. The first-order chi connectivity index (χ1) is 11.2. The Bertz CT molecular complexity index is 729. The van der Waals surface area contributed by atoms with E-state index in [-0.39, 0.29) is 11.8 Å². The predicted octanol–water partition coefficient (Wildman–Crippen LogP) is 1.35.